The molecule has 0 bridgehead atoms. The molecule has 1 atom stereocenters. The van der Waals surface area contributed by atoms with Gasteiger partial charge >= 0.3 is 6.03 Å². The Hall–Kier alpha value is -2.71. The lowest BCUT2D eigenvalue weighted by atomic mass is 10.1. The second-order valence-electron chi connectivity index (χ2n) is 6.45. The van der Waals surface area contributed by atoms with Gasteiger partial charge in [0.05, 0.1) is 6.04 Å². The van der Waals surface area contributed by atoms with Crippen molar-refractivity contribution in [3.8, 4) is 11.4 Å². The van der Waals surface area contributed by atoms with E-state index in [1.165, 1.54) is 5.56 Å². The number of nitrogens with zero attached hydrogens (tertiary/aromatic N) is 3. The molecule has 8 heteroatoms. The zero-order valence-corrected chi connectivity index (χ0v) is 17.2. The number of hydrogen-bond acceptors (Lipinski definition) is 5. The minimum Gasteiger partial charge on any atom is -0.336 e. The normalized spacial score (nSPS) is 12.1. The minimum absolute atomic E-state index is 0.162. The molecule has 0 aliphatic carbocycles. The van der Waals surface area contributed by atoms with Crippen molar-refractivity contribution < 1.29 is 4.79 Å². The third-order valence-corrected chi connectivity index (χ3v) is 5.31. The Labute approximate surface area is 169 Å². The van der Waals surface area contributed by atoms with Crippen LogP contribution >= 0.6 is 11.3 Å². The quantitative estimate of drug-likeness (QED) is 0.534. The van der Waals surface area contributed by atoms with Gasteiger partial charge in [0.15, 0.2) is 5.82 Å². The molecular weight excluding hydrogens is 372 g/mol. The maximum atomic E-state index is 12.5. The fourth-order valence-electron chi connectivity index (χ4n) is 3.16. The summed E-state index contributed by atoms with van der Waals surface area (Å²) >= 11 is 1.67. The summed E-state index contributed by atoms with van der Waals surface area (Å²) < 4.78 is 0. The summed E-state index contributed by atoms with van der Waals surface area (Å²) in [5, 5.41) is 17.1. The zero-order valence-electron chi connectivity index (χ0n) is 16.4. The lowest BCUT2D eigenvalue weighted by Crippen LogP contribution is -2.39. The number of carbonyl (C=O) groups excluding carboxylic acids is 1. The number of H-pyrrole nitrogens is 1. The average Bonchev–Trinajstić information content (AvgIpc) is 3.37. The van der Waals surface area contributed by atoms with E-state index in [0.29, 0.717) is 18.1 Å². The van der Waals surface area contributed by atoms with Crippen molar-refractivity contribution in [2.24, 2.45) is 0 Å². The molecule has 2 heterocycles. The molecule has 3 aromatic rings. The molecule has 0 radical (unpaired) electrons. The molecular formula is C20H26N6OS. The van der Waals surface area contributed by atoms with Gasteiger partial charge in [0, 0.05) is 17.8 Å². The van der Waals surface area contributed by atoms with Gasteiger partial charge in [-0.25, -0.2) is 9.78 Å². The van der Waals surface area contributed by atoms with Gasteiger partial charge in [-0.3, -0.25) is 10.00 Å². The van der Waals surface area contributed by atoms with Crippen LogP contribution in [0.3, 0.4) is 0 Å². The Morgan fingerprint density at radius 1 is 1.29 bits per heavy atom. The van der Waals surface area contributed by atoms with Crippen LogP contribution in [-0.2, 0) is 0 Å². The van der Waals surface area contributed by atoms with Gasteiger partial charge in [-0.1, -0.05) is 26.0 Å². The SMILES string of the molecule is CCN(CC)C(CNC(=O)Nc1cccc(-c2n[nH]c(C)n2)c1)c1ccsc1. The molecule has 7 nitrogen and oxygen atoms in total. The lowest BCUT2D eigenvalue weighted by molar-refractivity contribution is 0.210. The second-order valence-corrected chi connectivity index (χ2v) is 7.23. The second kappa shape index (κ2) is 9.48. The number of anilines is 1. The number of aryl methyl sites for hydroxylation is 1. The molecule has 148 valence electrons. The number of amides is 2. The Balaban J connectivity index is 1.63. The topological polar surface area (TPSA) is 85.9 Å². The first-order valence-corrected chi connectivity index (χ1v) is 10.4. The van der Waals surface area contributed by atoms with Gasteiger partial charge in [-0.05, 0) is 54.5 Å². The zero-order chi connectivity index (χ0) is 19.9. The Morgan fingerprint density at radius 2 is 2.11 bits per heavy atom. The number of rotatable bonds is 8. The van der Waals surface area contributed by atoms with Gasteiger partial charge in [-0.2, -0.15) is 16.4 Å². The number of aromatic nitrogens is 3. The Bertz CT molecular complexity index is 888. The average molecular weight is 399 g/mol. The first-order chi connectivity index (χ1) is 13.6. The number of likely N-dealkylation sites (N-methyl/N-ethyl adjacent to an activating group) is 1. The molecule has 1 aromatic carbocycles. The predicted octanol–water partition coefficient (Wildman–Crippen LogP) is 4.05. The van der Waals surface area contributed by atoms with Gasteiger partial charge < -0.3 is 10.6 Å². The smallest absolute Gasteiger partial charge is 0.319 e. The van der Waals surface area contributed by atoms with Gasteiger partial charge in [0.2, 0.25) is 0 Å². The van der Waals surface area contributed by atoms with E-state index in [-0.39, 0.29) is 12.1 Å². The van der Waals surface area contributed by atoms with Crippen LogP contribution in [0.2, 0.25) is 0 Å². The molecule has 3 rings (SSSR count). The maximum Gasteiger partial charge on any atom is 0.319 e. The van der Waals surface area contributed by atoms with Crippen LogP contribution in [0.25, 0.3) is 11.4 Å². The number of aromatic amines is 1. The minimum atomic E-state index is -0.226. The highest BCUT2D eigenvalue weighted by atomic mass is 32.1. The van der Waals surface area contributed by atoms with E-state index in [0.717, 1.165) is 24.5 Å². The fourth-order valence-corrected chi connectivity index (χ4v) is 3.87. The molecule has 28 heavy (non-hydrogen) atoms. The fraction of sp³-hybridized carbons (Fsp3) is 0.350. The largest absolute Gasteiger partial charge is 0.336 e. The van der Waals surface area contributed by atoms with Gasteiger partial charge in [0.25, 0.3) is 0 Å². The predicted molar refractivity (Wildman–Crippen MR) is 114 cm³/mol. The summed E-state index contributed by atoms with van der Waals surface area (Å²) in [6, 6.07) is 9.56. The molecule has 2 aromatic heterocycles. The molecule has 0 aliphatic rings. The van der Waals surface area contributed by atoms with E-state index in [2.05, 4.69) is 61.4 Å². The van der Waals surface area contributed by atoms with Crippen molar-refractivity contribution in [3.05, 3.63) is 52.5 Å². The van der Waals surface area contributed by atoms with Crippen LogP contribution in [-0.4, -0.2) is 45.7 Å². The third-order valence-electron chi connectivity index (χ3n) is 4.61. The number of nitrogens with one attached hydrogen (secondary N) is 3. The molecule has 0 aliphatic heterocycles. The Kier molecular flexibility index (Phi) is 6.78. The van der Waals surface area contributed by atoms with Crippen molar-refractivity contribution in [2.45, 2.75) is 26.8 Å². The van der Waals surface area contributed by atoms with E-state index < -0.39 is 0 Å². The third kappa shape index (κ3) is 4.96. The maximum absolute atomic E-state index is 12.5. The molecule has 0 fully saturated rings. The number of hydrogen-bond donors (Lipinski definition) is 3. The van der Waals surface area contributed by atoms with Gasteiger partial charge in [0.1, 0.15) is 5.82 Å². The number of thiophene rings is 1. The van der Waals surface area contributed by atoms with Crippen molar-refractivity contribution in [1.29, 1.82) is 0 Å². The van der Waals surface area contributed by atoms with Crippen LogP contribution in [0.1, 0.15) is 31.3 Å². The molecule has 3 N–H and O–H groups in total. The molecule has 1 unspecified atom stereocenters. The van der Waals surface area contributed by atoms with Crippen LogP contribution in [0.5, 0.6) is 0 Å². The highest BCUT2D eigenvalue weighted by molar-refractivity contribution is 7.07. The first-order valence-electron chi connectivity index (χ1n) is 9.41. The molecule has 0 saturated carbocycles. The lowest BCUT2D eigenvalue weighted by Gasteiger charge is -2.29. The van der Waals surface area contributed by atoms with Crippen LogP contribution < -0.4 is 10.6 Å². The van der Waals surface area contributed by atoms with Crippen molar-refractivity contribution in [2.75, 3.05) is 25.0 Å². The summed E-state index contributed by atoms with van der Waals surface area (Å²) in [4.78, 5) is 19.1. The summed E-state index contributed by atoms with van der Waals surface area (Å²) in [5.74, 6) is 1.36. The first kappa shape index (κ1) is 20.0. The van der Waals surface area contributed by atoms with E-state index in [1.54, 1.807) is 11.3 Å². The highest BCUT2D eigenvalue weighted by Gasteiger charge is 2.19. The standard InChI is InChI=1S/C20H26N6OS/c1-4-26(5-2)18(16-9-10-28-13-16)12-21-20(27)23-17-8-6-7-15(11-17)19-22-14(3)24-25-19/h6-11,13,18H,4-5,12H2,1-3H3,(H2,21,23,27)(H,22,24,25). The summed E-state index contributed by atoms with van der Waals surface area (Å²) in [5.41, 5.74) is 2.78. The number of carbonyl (C=O) groups is 1. The van der Waals surface area contributed by atoms with Gasteiger partial charge in [-0.15, -0.1) is 0 Å². The van der Waals surface area contributed by atoms with Crippen LogP contribution in [0.4, 0.5) is 10.5 Å². The van der Waals surface area contributed by atoms with Crippen LogP contribution in [0.15, 0.2) is 41.1 Å². The monoisotopic (exact) mass is 398 g/mol. The molecule has 2 amide bonds. The summed E-state index contributed by atoms with van der Waals surface area (Å²) in [7, 11) is 0. The van der Waals surface area contributed by atoms with E-state index in [9.17, 15) is 4.79 Å². The van der Waals surface area contributed by atoms with E-state index in [1.807, 2.05) is 31.2 Å². The van der Waals surface area contributed by atoms with E-state index in [4.69, 9.17) is 0 Å². The molecule has 0 spiro atoms. The van der Waals surface area contributed by atoms with Crippen molar-refractivity contribution in [1.82, 2.24) is 25.4 Å². The number of urea groups is 1. The summed E-state index contributed by atoms with van der Waals surface area (Å²) in [6.07, 6.45) is 0. The van der Waals surface area contributed by atoms with Crippen molar-refractivity contribution in [3.63, 3.8) is 0 Å². The number of benzene rings is 1. The highest BCUT2D eigenvalue weighted by Crippen LogP contribution is 2.22. The van der Waals surface area contributed by atoms with E-state index >= 15 is 0 Å². The Morgan fingerprint density at radius 3 is 2.75 bits per heavy atom. The van der Waals surface area contributed by atoms with Crippen molar-refractivity contribution >= 4 is 23.1 Å². The molecule has 0 saturated heterocycles. The van der Waals surface area contributed by atoms with Crippen LogP contribution in [0, 0.1) is 6.92 Å². The summed E-state index contributed by atoms with van der Waals surface area (Å²) in [6.45, 7) is 8.53.